The maximum Gasteiger partial charge on any atom is 0.255 e. The van der Waals surface area contributed by atoms with Gasteiger partial charge >= 0.3 is 0 Å². The Hall–Kier alpha value is -1.09. The van der Waals surface area contributed by atoms with Crippen molar-refractivity contribution in [2.75, 3.05) is 7.05 Å². The van der Waals surface area contributed by atoms with Crippen molar-refractivity contribution in [1.29, 1.82) is 0 Å². The third-order valence-electron chi connectivity index (χ3n) is 4.42. The first kappa shape index (κ1) is 12.0. The highest BCUT2D eigenvalue weighted by Gasteiger charge is 2.25. The number of hydrogen-bond acceptors (Lipinski definition) is 2. The third kappa shape index (κ3) is 1.91. The molecule has 1 N–H and O–H groups in total. The summed E-state index contributed by atoms with van der Waals surface area (Å²) < 4.78 is 2.15. The molecule has 0 unspecified atom stereocenters. The molecule has 0 aliphatic heterocycles. The molecule has 0 atom stereocenters. The highest BCUT2D eigenvalue weighted by Crippen LogP contribution is 2.32. The molecule has 0 bridgehead atoms. The molecule has 0 radical (unpaired) electrons. The molecule has 1 aromatic rings. The Kier molecular flexibility index (Phi) is 3.25. The van der Waals surface area contributed by atoms with Crippen LogP contribution in [0, 0.1) is 0 Å². The van der Waals surface area contributed by atoms with Gasteiger partial charge in [0.25, 0.3) is 5.56 Å². The third-order valence-corrected chi connectivity index (χ3v) is 4.42. The van der Waals surface area contributed by atoms with Crippen molar-refractivity contribution < 1.29 is 0 Å². The van der Waals surface area contributed by atoms with Crippen LogP contribution in [0.3, 0.4) is 0 Å². The van der Waals surface area contributed by atoms with E-state index < -0.39 is 0 Å². The van der Waals surface area contributed by atoms with E-state index in [0.29, 0.717) is 12.6 Å². The Balaban J connectivity index is 2.11. The fourth-order valence-electron chi connectivity index (χ4n) is 3.60. The summed E-state index contributed by atoms with van der Waals surface area (Å²) in [6.45, 7) is 0.693. The van der Waals surface area contributed by atoms with E-state index in [2.05, 4.69) is 16.0 Å². The predicted octanol–water partition coefficient (Wildman–Crippen LogP) is 2.17. The molecule has 3 heteroatoms. The molecule has 0 spiro atoms. The predicted molar refractivity (Wildman–Crippen MR) is 73.0 cm³/mol. The minimum atomic E-state index is 0.261. The molecule has 98 valence electrons. The first-order chi connectivity index (χ1) is 8.81. The van der Waals surface area contributed by atoms with E-state index in [1.54, 1.807) is 0 Å². The lowest BCUT2D eigenvalue weighted by Gasteiger charge is -2.20. The lowest BCUT2D eigenvalue weighted by atomic mass is 10.1. The normalized spacial score (nSPS) is 19.4. The zero-order valence-electron chi connectivity index (χ0n) is 11.2. The van der Waals surface area contributed by atoms with Crippen LogP contribution in [-0.4, -0.2) is 11.6 Å². The Bertz CT molecular complexity index is 498. The van der Waals surface area contributed by atoms with Crippen LogP contribution in [0.1, 0.15) is 55.0 Å². The van der Waals surface area contributed by atoms with E-state index in [9.17, 15) is 4.79 Å². The van der Waals surface area contributed by atoms with E-state index in [4.69, 9.17) is 0 Å². The molecular formula is C15H22N2O. The number of nitrogens with one attached hydrogen (secondary N) is 1. The summed E-state index contributed by atoms with van der Waals surface area (Å²) in [6, 6.07) is 2.62. The number of aromatic nitrogens is 1. The molecule has 2 aliphatic rings. The summed E-state index contributed by atoms with van der Waals surface area (Å²) >= 11 is 0. The Labute approximate surface area is 108 Å². The van der Waals surface area contributed by atoms with Crippen molar-refractivity contribution in [3.05, 3.63) is 33.2 Å². The number of fused-ring (bicyclic) bond motifs is 1. The molecule has 1 aromatic heterocycles. The average molecular weight is 246 g/mol. The lowest BCUT2D eigenvalue weighted by molar-refractivity contribution is 0.481. The van der Waals surface area contributed by atoms with Crippen LogP contribution in [0.25, 0.3) is 0 Å². The van der Waals surface area contributed by atoms with Gasteiger partial charge in [-0.3, -0.25) is 4.79 Å². The second kappa shape index (κ2) is 4.88. The first-order valence-electron chi connectivity index (χ1n) is 7.22. The van der Waals surface area contributed by atoms with Gasteiger partial charge in [0.05, 0.1) is 0 Å². The van der Waals surface area contributed by atoms with E-state index in [0.717, 1.165) is 18.4 Å². The van der Waals surface area contributed by atoms with Gasteiger partial charge in [0.1, 0.15) is 0 Å². The summed E-state index contributed by atoms with van der Waals surface area (Å²) in [4.78, 5) is 12.6. The molecule has 0 amide bonds. The Morgan fingerprint density at radius 1 is 1.28 bits per heavy atom. The van der Waals surface area contributed by atoms with Gasteiger partial charge in [-0.2, -0.15) is 0 Å². The van der Waals surface area contributed by atoms with Crippen LogP contribution >= 0.6 is 0 Å². The van der Waals surface area contributed by atoms with Gasteiger partial charge < -0.3 is 9.88 Å². The molecule has 1 heterocycles. The molecule has 1 fully saturated rings. The second-order valence-corrected chi connectivity index (χ2v) is 5.64. The maximum atomic E-state index is 12.6. The molecule has 18 heavy (non-hydrogen) atoms. The molecule has 3 rings (SSSR count). The molecule has 0 aromatic carbocycles. The van der Waals surface area contributed by atoms with Crippen LogP contribution in [0.2, 0.25) is 0 Å². The van der Waals surface area contributed by atoms with Crippen molar-refractivity contribution in [2.45, 2.75) is 57.5 Å². The first-order valence-corrected chi connectivity index (χ1v) is 7.22. The summed E-state index contributed by atoms with van der Waals surface area (Å²) in [5.74, 6) is 0. The standard InChI is InChI=1S/C15H22N2O/c1-16-10-12-9-11-5-4-8-14(11)17(15(12)18)13-6-2-3-7-13/h9,13,16H,2-8,10H2,1H3. The van der Waals surface area contributed by atoms with Crippen molar-refractivity contribution >= 4 is 0 Å². The van der Waals surface area contributed by atoms with Gasteiger partial charge in [-0.15, -0.1) is 0 Å². The summed E-state index contributed by atoms with van der Waals surface area (Å²) in [5, 5.41) is 3.12. The molecule has 2 aliphatic carbocycles. The van der Waals surface area contributed by atoms with E-state index >= 15 is 0 Å². The van der Waals surface area contributed by atoms with Gasteiger partial charge in [-0.25, -0.2) is 0 Å². The fourth-order valence-corrected chi connectivity index (χ4v) is 3.60. The minimum absolute atomic E-state index is 0.261. The van der Waals surface area contributed by atoms with Crippen LogP contribution < -0.4 is 10.9 Å². The number of nitrogens with zero attached hydrogens (tertiary/aromatic N) is 1. The van der Waals surface area contributed by atoms with E-state index in [1.165, 1.54) is 43.4 Å². The highest BCUT2D eigenvalue weighted by atomic mass is 16.1. The van der Waals surface area contributed by atoms with Gasteiger partial charge in [0.2, 0.25) is 0 Å². The van der Waals surface area contributed by atoms with Crippen LogP contribution in [0.15, 0.2) is 10.9 Å². The number of pyridine rings is 1. The zero-order valence-corrected chi connectivity index (χ0v) is 11.2. The monoisotopic (exact) mass is 246 g/mol. The van der Waals surface area contributed by atoms with Gasteiger partial charge in [-0.1, -0.05) is 12.8 Å². The highest BCUT2D eigenvalue weighted by molar-refractivity contribution is 5.31. The number of rotatable bonds is 3. The SMILES string of the molecule is CNCc1cc2c(n(C3CCCC3)c1=O)CCC2. The zero-order chi connectivity index (χ0) is 12.5. The molecule has 0 saturated heterocycles. The lowest BCUT2D eigenvalue weighted by Crippen LogP contribution is -2.31. The molecular weight excluding hydrogens is 224 g/mol. The minimum Gasteiger partial charge on any atom is -0.315 e. The van der Waals surface area contributed by atoms with E-state index in [1.807, 2.05) is 7.05 Å². The number of hydrogen-bond donors (Lipinski definition) is 1. The maximum absolute atomic E-state index is 12.6. The van der Waals surface area contributed by atoms with Crippen LogP contribution in [0.5, 0.6) is 0 Å². The van der Waals surface area contributed by atoms with Gasteiger partial charge in [0, 0.05) is 23.8 Å². The summed E-state index contributed by atoms with van der Waals surface area (Å²) in [5.41, 5.74) is 3.97. The quantitative estimate of drug-likeness (QED) is 0.887. The van der Waals surface area contributed by atoms with Crippen molar-refractivity contribution in [1.82, 2.24) is 9.88 Å². The van der Waals surface area contributed by atoms with Gasteiger partial charge in [0.15, 0.2) is 0 Å². The van der Waals surface area contributed by atoms with Gasteiger partial charge in [-0.05, 0) is 50.8 Å². The van der Waals surface area contributed by atoms with Crippen molar-refractivity contribution in [2.24, 2.45) is 0 Å². The van der Waals surface area contributed by atoms with Crippen molar-refractivity contribution in [3.8, 4) is 0 Å². The molecule has 1 saturated carbocycles. The van der Waals surface area contributed by atoms with Crippen LogP contribution in [0.4, 0.5) is 0 Å². The van der Waals surface area contributed by atoms with E-state index in [-0.39, 0.29) is 5.56 Å². The fraction of sp³-hybridized carbons (Fsp3) is 0.667. The number of aryl methyl sites for hydroxylation is 1. The average Bonchev–Trinajstić information content (AvgIpc) is 3.00. The smallest absolute Gasteiger partial charge is 0.255 e. The summed E-state index contributed by atoms with van der Waals surface area (Å²) in [6.07, 6.45) is 8.40. The Morgan fingerprint density at radius 2 is 2.06 bits per heavy atom. The van der Waals surface area contributed by atoms with Crippen LogP contribution in [-0.2, 0) is 19.4 Å². The second-order valence-electron chi connectivity index (χ2n) is 5.64. The van der Waals surface area contributed by atoms with Crippen molar-refractivity contribution in [3.63, 3.8) is 0 Å². The largest absolute Gasteiger partial charge is 0.315 e. The summed E-state index contributed by atoms with van der Waals surface area (Å²) in [7, 11) is 1.91. The Morgan fingerprint density at radius 3 is 2.78 bits per heavy atom. The topological polar surface area (TPSA) is 34.0 Å². The molecule has 3 nitrogen and oxygen atoms in total.